The molecule has 7 nitrogen and oxygen atoms in total. The Kier molecular flexibility index (Phi) is 4.34. The van der Waals surface area contributed by atoms with E-state index in [0.29, 0.717) is 11.3 Å². The van der Waals surface area contributed by atoms with Crippen LogP contribution in [0.2, 0.25) is 0 Å². The Bertz CT molecular complexity index is 798. The smallest absolute Gasteiger partial charge is 0.348 e. The molecule has 0 atom stereocenters. The third kappa shape index (κ3) is 3.19. The molecule has 0 N–H and O–H groups in total. The van der Waals surface area contributed by atoms with E-state index in [-0.39, 0.29) is 17.0 Å². The topological polar surface area (TPSA) is 106 Å². The number of rotatable bonds is 4. The summed E-state index contributed by atoms with van der Waals surface area (Å²) < 4.78 is 9.94. The van der Waals surface area contributed by atoms with Gasteiger partial charge in [-0.2, -0.15) is 5.26 Å². The standard InChI is InChI=1S/C15H10N2O5/c1-21-15(18)11(9-16)8-13-5-6-14(22-13)10-3-2-4-12(7-10)17(19)20/h2-8H,1H3/b11-8-. The molecule has 2 rings (SSSR count). The minimum Gasteiger partial charge on any atom is -0.465 e. The SMILES string of the molecule is COC(=O)/C(C#N)=C\c1ccc(-c2cccc([N+](=O)[O-])c2)o1. The highest BCUT2D eigenvalue weighted by molar-refractivity contribution is 5.97. The molecule has 0 radical (unpaired) electrons. The van der Waals surface area contributed by atoms with Crippen molar-refractivity contribution in [2.45, 2.75) is 0 Å². The molecule has 7 heteroatoms. The van der Waals surface area contributed by atoms with Crippen LogP contribution >= 0.6 is 0 Å². The normalized spacial score (nSPS) is 10.8. The molecule has 0 fully saturated rings. The lowest BCUT2D eigenvalue weighted by Crippen LogP contribution is -2.02. The molecule has 0 aliphatic carbocycles. The van der Waals surface area contributed by atoms with Crippen molar-refractivity contribution in [3.05, 3.63) is 57.8 Å². The Morgan fingerprint density at radius 2 is 2.18 bits per heavy atom. The largest absolute Gasteiger partial charge is 0.465 e. The molecule has 22 heavy (non-hydrogen) atoms. The Hall–Kier alpha value is -3.40. The van der Waals surface area contributed by atoms with Gasteiger partial charge in [-0.05, 0) is 12.1 Å². The number of ether oxygens (including phenoxy) is 1. The van der Waals surface area contributed by atoms with Crippen LogP contribution in [0.1, 0.15) is 5.76 Å². The van der Waals surface area contributed by atoms with Crippen LogP contribution in [0.5, 0.6) is 0 Å². The number of carbonyl (C=O) groups excluding carboxylic acids is 1. The average molecular weight is 298 g/mol. The van der Waals surface area contributed by atoms with E-state index in [1.807, 2.05) is 0 Å². The molecular weight excluding hydrogens is 288 g/mol. The average Bonchev–Trinajstić information content (AvgIpc) is 3.00. The van der Waals surface area contributed by atoms with Crippen LogP contribution in [0.3, 0.4) is 0 Å². The molecular formula is C15H10N2O5. The number of furan rings is 1. The second kappa shape index (κ2) is 6.37. The number of nitro groups is 1. The van der Waals surface area contributed by atoms with Crippen LogP contribution in [0, 0.1) is 21.4 Å². The van der Waals surface area contributed by atoms with Crippen molar-refractivity contribution in [3.63, 3.8) is 0 Å². The Morgan fingerprint density at radius 3 is 2.82 bits per heavy atom. The predicted molar refractivity (Wildman–Crippen MR) is 76.4 cm³/mol. The number of esters is 1. The highest BCUT2D eigenvalue weighted by atomic mass is 16.6. The van der Waals surface area contributed by atoms with E-state index in [1.165, 1.54) is 25.3 Å². The Labute approximate surface area is 125 Å². The molecule has 0 saturated heterocycles. The van der Waals surface area contributed by atoms with Gasteiger partial charge < -0.3 is 9.15 Å². The first kappa shape index (κ1) is 15.0. The highest BCUT2D eigenvalue weighted by Gasteiger charge is 2.12. The van der Waals surface area contributed by atoms with Crippen molar-refractivity contribution < 1.29 is 18.9 Å². The van der Waals surface area contributed by atoms with E-state index in [9.17, 15) is 14.9 Å². The summed E-state index contributed by atoms with van der Waals surface area (Å²) in [6, 6.07) is 10.8. The van der Waals surface area contributed by atoms with Crippen molar-refractivity contribution in [2.75, 3.05) is 7.11 Å². The number of nitrogens with zero attached hydrogens (tertiary/aromatic N) is 2. The summed E-state index contributed by atoms with van der Waals surface area (Å²) in [6.07, 6.45) is 1.24. The number of hydrogen-bond acceptors (Lipinski definition) is 6. The van der Waals surface area contributed by atoms with Crippen LogP contribution in [-0.2, 0) is 9.53 Å². The van der Waals surface area contributed by atoms with Crippen LogP contribution in [0.4, 0.5) is 5.69 Å². The summed E-state index contributed by atoms with van der Waals surface area (Å²) in [5.41, 5.74) is 0.256. The second-order valence-electron chi connectivity index (χ2n) is 4.17. The minimum atomic E-state index is -0.768. The lowest BCUT2D eigenvalue weighted by atomic mass is 10.1. The first-order valence-electron chi connectivity index (χ1n) is 6.10. The summed E-state index contributed by atoms with van der Waals surface area (Å²) in [7, 11) is 1.17. The van der Waals surface area contributed by atoms with Gasteiger partial charge in [0.2, 0.25) is 0 Å². The second-order valence-corrected chi connectivity index (χ2v) is 4.17. The maximum absolute atomic E-state index is 11.3. The van der Waals surface area contributed by atoms with Crippen LogP contribution in [0.15, 0.2) is 46.4 Å². The number of hydrogen-bond donors (Lipinski definition) is 0. The molecule has 0 amide bonds. The van der Waals surface area contributed by atoms with Gasteiger partial charge in [-0.25, -0.2) is 4.79 Å². The van der Waals surface area contributed by atoms with E-state index in [0.717, 1.165) is 0 Å². The highest BCUT2D eigenvalue weighted by Crippen LogP contribution is 2.26. The monoisotopic (exact) mass is 298 g/mol. The van der Waals surface area contributed by atoms with Crippen molar-refractivity contribution in [2.24, 2.45) is 0 Å². The molecule has 0 saturated carbocycles. The van der Waals surface area contributed by atoms with Gasteiger partial charge in [-0.1, -0.05) is 12.1 Å². The molecule has 1 aromatic carbocycles. The quantitative estimate of drug-likeness (QED) is 0.282. The van der Waals surface area contributed by atoms with E-state index in [1.54, 1.807) is 30.3 Å². The van der Waals surface area contributed by atoms with Crippen LogP contribution < -0.4 is 0 Å². The third-order valence-electron chi connectivity index (χ3n) is 2.78. The lowest BCUT2D eigenvalue weighted by molar-refractivity contribution is -0.384. The zero-order valence-corrected chi connectivity index (χ0v) is 11.5. The molecule has 0 spiro atoms. The molecule has 0 aliphatic heterocycles. The summed E-state index contributed by atoms with van der Waals surface area (Å²) in [4.78, 5) is 21.6. The number of methoxy groups -OCH3 is 1. The zero-order valence-electron chi connectivity index (χ0n) is 11.5. The molecule has 1 heterocycles. The number of nitro benzene ring substituents is 1. The fourth-order valence-electron chi connectivity index (χ4n) is 1.75. The molecule has 110 valence electrons. The number of non-ortho nitro benzene ring substituents is 1. The van der Waals surface area contributed by atoms with Gasteiger partial charge in [0.1, 0.15) is 23.2 Å². The summed E-state index contributed by atoms with van der Waals surface area (Å²) in [5.74, 6) is -0.114. The van der Waals surface area contributed by atoms with E-state index < -0.39 is 10.9 Å². The van der Waals surface area contributed by atoms with Crippen molar-refractivity contribution in [1.82, 2.24) is 0 Å². The number of benzene rings is 1. The third-order valence-corrected chi connectivity index (χ3v) is 2.78. The summed E-state index contributed by atoms with van der Waals surface area (Å²) in [6.45, 7) is 0. The maximum atomic E-state index is 11.3. The van der Waals surface area contributed by atoms with E-state index in [4.69, 9.17) is 9.68 Å². The van der Waals surface area contributed by atoms with Gasteiger partial charge in [0.25, 0.3) is 5.69 Å². The van der Waals surface area contributed by atoms with Gasteiger partial charge in [0, 0.05) is 23.8 Å². The first-order chi connectivity index (χ1) is 10.5. The Morgan fingerprint density at radius 1 is 1.41 bits per heavy atom. The van der Waals surface area contributed by atoms with E-state index >= 15 is 0 Å². The Balaban J connectivity index is 2.34. The molecule has 0 unspecified atom stereocenters. The van der Waals surface area contributed by atoms with Crippen LogP contribution in [0.25, 0.3) is 17.4 Å². The van der Waals surface area contributed by atoms with Crippen molar-refractivity contribution in [3.8, 4) is 17.4 Å². The summed E-state index contributed by atoms with van der Waals surface area (Å²) in [5, 5.41) is 19.6. The lowest BCUT2D eigenvalue weighted by Gasteiger charge is -1.97. The number of nitriles is 1. The fourth-order valence-corrected chi connectivity index (χ4v) is 1.75. The van der Waals surface area contributed by atoms with Gasteiger partial charge in [-0.3, -0.25) is 10.1 Å². The molecule has 2 aromatic rings. The van der Waals surface area contributed by atoms with Gasteiger partial charge in [0.05, 0.1) is 12.0 Å². The maximum Gasteiger partial charge on any atom is 0.348 e. The number of carbonyl (C=O) groups is 1. The molecule has 0 bridgehead atoms. The van der Waals surface area contributed by atoms with Gasteiger partial charge >= 0.3 is 5.97 Å². The van der Waals surface area contributed by atoms with Crippen molar-refractivity contribution >= 4 is 17.7 Å². The minimum absolute atomic E-state index is 0.0572. The molecule has 1 aromatic heterocycles. The summed E-state index contributed by atoms with van der Waals surface area (Å²) >= 11 is 0. The van der Waals surface area contributed by atoms with Gasteiger partial charge in [0.15, 0.2) is 0 Å². The van der Waals surface area contributed by atoms with Crippen molar-refractivity contribution in [1.29, 1.82) is 5.26 Å². The van der Waals surface area contributed by atoms with E-state index in [2.05, 4.69) is 4.74 Å². The predicted octanol–water partition coefficient (Wildman–Crippen LogP) is 2.93. The molecule has 0 aliphatic rings. The fraction of sp³-hybridized carbons (Fsp3) is 0.0667. The first-order valence-corrected chi connectivity index (χ1v) is 6.10. The van der Waals surface area contributed by atoms with Crippen LogP contribution in [-0.4, -0.2) is 18.0 Å². The zero-order chi connectivity index (χ0) is 16.1. The van der Waals surface area contributed by atoms with Gasteiger partial charge in [-0.15, -0.1) is 0 Å².